The van der Waals surface area contributed by atoms with Gasteiger partial charge in [-0.15, -0.1) is 11.3 Å². The minimum atomic E-state index is 0.0189. The number of likely N-dealkylation sites (N-methyl/N-ethyl adjacent to an activating group) is 1. The third-order valence-electron chi connectivity index (χ3n) is 4.28. The maximum atomic E-state index is 12.4. The number of aryl methyl sites for hydroxylation is 2. The van der Waals surface area contributed by atoms with Crippen molar-refractivity contribution in [3.8, 4) is 0 Å². The second-order valence-corrected chi connectivity index (χ2v) is 7.61. The molecule has 0 unspecified atom stereocenters. The molecule has 0 aliphatic heterocycles. The molecule has 1 heterocycles. The van der Waals surface area contributed by atoms with Crippen LogP contribution in [0.2, 0.25) is 0 Å². The molecule has 3 rings (SSSR count). The van der Waals surface area contributed by atoms with Gasteiger partial charge in [-0.2, -0.15) is 0 Å². The van der Waals surface area contributed by atoms with E-state index >= 15 is 0 Å². The van der Waals surface area contributed by atoms with Gasteiger partial charge in [0.25, 0.3) is 5.91 Å². The summed E-state index contributed by atoms with van der Waals surface area (Å²) in [5.74, 6) is 0.0189. The Hall–Kier alpha value is -1.65. The van der Waals surface area contributed by atoms with Crippen LogP contribution in [0.4, 0.5) is 5.69 Å². The number of thiophene rings is 1. The molecule has 2 aromatic rings. The Bertz CT molecular complexity index is 650. The fraction of sp³-hybridized carbons (Fsp3) is 0.421. The molecule has 0 spiro atoms. The maximum absolute atomic E-state index is 12.4. The number of carbonyl (C=O) groups excluding carboxylic acids is 1. The summed E-state index contributed by atoms with van der Waals surface area (Å²) in [7, 11) is 4.16. The Morgan fingerprint density at radius 3 is 2.61 bits per heavy atom. The molecular weight excluding hydrogens is 304 g/mol. The van der Waals surface area contributed by atoms with Gasteiger partial charge >= 0.3 is 0 Å². The topological polar surface area (TPSA) is 32.3 Å². The molecule has 0 atom stereocenters. The number of hydrogen-bond acceptors (Lipinski definition) is 3. The monoisotopic (exact) mass is 328 g/mol. The van der Waals surface area contributed by atoms with Gasteiger partial charge in [0, 0.05) is 17.1 Å². The molecule has 1 aromatic heterocycles. The minimum absolute atomic E-state index is 0.0189. The summed E-state index contributed by atoms with van der Waals surface area (Å²) in [6, 6.07) is 10.3. The molecule has 1 aromatic carbocycles. The molecule has 3 nitrogen and oxygen atoms in total. The van der Waals surface area contributed by atoms with Crippen molar-refractivity contribution >= 4 is 22.9 Å². The van der Waals surface area contributed by atoms with Gasteiger partial charge in [-0.3, -0.25) is 4.79 Å². The minimum Gasteiger partial charge on any atom is -0.321 e. The first-order chi connectivity index (χ1) is 11.1. The van der Waals surface area contributed by atoms with E-state index in [0.717, 1.165) is 36.4 Å². The third-order valence-corrected chi connectivity index (χ3v) is 5.52. The largest absolute Gasteiger partial charge is 0.321 e. The van der Waals surface area contributed by atoms with Gasteiger partial charge < -0.3 is 10.2 Å². The molecule has 0 bridgehead atoms. The predicted octanol–water partition coefficient (Wildman–Crippen LogP) is 3.98. The van der Waals surface area contributed by atoms with Crippen LogP contribution < -0.4 is 5.32 Å². The number of hydrogen-bond donors (Lipinski definition) is 1. The highest BCUT2D eigenvalue weighted by molar-refractivity contribution is 7.14. The zero-order chi connectivity index (χ0) is 16.2. The van der Waals surface area contributed by atoms with Crippen LogP contribution >= 0.6 is 11.3 Å². The lowest BCUT2D eigenvalue weighted by molar-refractivity contribution is 0.103. The molecule has 1 aliphatic rings. The van der Waals surface area contributed by atoms with E-state index in [-0.39, 0.29) is 5.91 Å². The average molecular weight is 328 g/mol. The second kappa shape index (κ2) is 7.28. The zero-order valence-electron chi connectivity index (χ0n) is 13.9. The van der Waals surface area contributed by atoms with E-state index in [1.807, 2.05) is 12.1 Å². The fourth-order valence-electron chi connectivity index (χ4n) is 2.90. The number of rotatable bonds is 5. The second-order valence-electron chi connectivity index (χ2n) is 6.47. The third kappa shape index (κ3) is 4.21. The van der Waals surface area contributed by atoms with Crippen LogP contribution in [0.1, 0.15) is 38.5 Å². The fourth-order valence-corrected chi connectivity index (χ4v) is 4.05. The lowest BCUT2D eigenvalue weighted by Crippen LogP contribution is -2.15. The van der Waals surface area contributed by atoms with Crippen LogP contribution in [-0.4, -0.2) is 31.4 Å². The number of nitrogens with one attached hydrogen (secondary N) is 1. The van der Waals surface area contributed by atoms with Crippen molar-refractivity contribution in [1.82, 2.24) is 4.90 Å². The first-order valence-electron chi connectivity index (χ1n) is 8.28. The number of amides is 1. The highest BCUT2D eigenvalue weighted by atomic mass is 32.1. The molecule has 1 N–H and O–H groups in total. The number of carbonyl (C=O) groups is 1. The normalized spacial score (nSPS) is 13.9. The number of anilines is 1. The number of benzene rings is 1. The van der Waals surface area contributed by atoms with Gasteiger partial charge in [0.15, 0.2) is 0 Å². The van der Waals surface area contributed by atoms with Crippen LogP contribution in [0.25, 0.3) is 0 Å². The Morgan fingerprint density at radius 2 is 1.91 bits per heavy atom. The van der Waals surface area contributed by atoms with E-state index < -0.39 is 0 Å². The summed E-state index contributed by atoms with van der Waals surface area (Å²) in [5.41, 5.74) is 3.55. The van der Waals surface area contributed by atoms with Crippen LogP contribution in [0.5, 0.6) is 0 Å². The van der Waals surface area contributed by atoms with Crippen molar-refractivity contribution in [3.63, 3.8) is 0 Å². The van der Waals surface area contributed by atoms with E-state index in [4.69, 9.17) is 0 Å². The Morgan fingerprint density at radius 1 is 1.17 bits per heavy atom. The molecule has 0 fully saturated rings. The zero-order valence-corrected chi connectivity index (χ0v) is 14.7. The Balaban J connectivity index is 1.62. The highest BCUT2D eigenvalue weighted by Crippen LogP contribution is 2.30. The Kier molecular flexibility index (Phi) is 5.13. The van der Waals surface area contributed by atoms with Crippen LogP contribution in [-0.2, 0) is 19.3 Å². The number of nitrogens with zero attached hydrogens (tertiary/aromatic N) is 1. The van der Waals surface area contributed by atoms with E-state index in [1.54, 1.807) is 11.3 Å². The van der Waals surface area contributed by atoms with E-state index in [0.29, 0.717) is 0 Å². The van der Waals surface area contributed by atoms with Gasteiger partial charge in [-0.1, -0.05) is 12.1 Å². The molecule has 4 heteroatoms. The first kappa shape index (κ1) is 16.2. The van der Waals surface area contributed by atoms with E-state index in [2.05, 4.69) is 42.5 Å². The van der Waals surface area contributed by atoms with Gasteiger partial charge in [0.1, 0.15) is 0 Å². The van der Waals surface area contributed by atoms with Gasteiger partial charge in [0.2, 0.25) is 0 Å². The Labute approximate surface area is 142 Å². The van der Waals surface area contributed by atoms with Gasteiger partial charge in [-0.05, 0) is 75.5 Å². The summed E-state index contributed by atoms with van der Waals surface area (Å²) in [6.45, 7) is 1.03. The highest BCUT2D eigenvalue weighted by Gasteiger charge is 2.17. The summed E-state index contributed by atoms with van der Waals surface area (Å²) in [6.07, 6.45) is 5.79. The SMILES string of the molecule is CN(C)CCc1ccc(NC(=O)c2cc3c(s2)CCCC3)cc1. The molecule has 0 radical (unpaired) electrons. The molecule has 1 aliphatic carbocycles. The average Bonchev–Trinajstić information content (AvgIpc) is 2.98. The van der Waals surface area contributed by atoms with Crippen LogP contribution in [0.3, 0.4) is 0 Å². The molecular formula is C19H24N2OS. The molecule has 1 amide bonds. The summed E-state index contributed by atoms with van der Waals surface area (Å²) < 4.78 is 0. The van der Waals surface area contributed by atoms with Crippen LogP contribution in [0.15, 0.2) is 30.3 Å². The van der Waals surface area contributed by atoms with E-state index in [1.165, 1.54) is 28.8 Å². The van der Waals surface area contributed by atoms with Crippen molar-refractivity contribution in [1.29, 1.82) is 0 Å². The molecule has 23 heavy (non-hydrogen) atoms. The maximum Gasteiger partial charge on any atom is 0.265 e. The molecule has 0 saturated carbocycles. The van der Waals surface area contributed by atoms with Crippen molar-refractivity contribution in [2.45, 2.75) is 32.1 Å². The first-order valence-corrected chi connectivity index (χ1v) is 9.10. The van der Waals surface area contributed by atoms with Gasteiger partial charge in [0.05, 0.1) is 4.88 Å². The van der Waals surface area contributed by atoms with Crippen molar-refractivity contribution in [2.24, 2.45) is 0 Å². The predicted molar refractivity (Wildman–Crippen MR) is 97.6 cm³/mol. The van der Waals surface area contributed by atoms with Gasteiger partial charge in [-0.25, -0.2) is 0 Å². The standard InChI is InChI=1S/C19H24N2OS/c1-21(2)12-11-14-7-9-16(10-8-14)20-19(22)18-13-15-5-3-4-6-17(15)23-18/h7-10,13H,3-6,11-12H2,1-2H3,(H,20,22). The summed E-state index contributed by atoms with van der Waals surface area (Å²) in [5, 5.41) is 3.02. The summed E-state index contributed by atoms with van der Waals surface area (Å²) in [4.78, 5) is 16.8. The van der Waals surface area contributed by atoms with Crippen molar-refractivity contribution in [3.05, 3.63) is 51.2 Å². The number of fused-ring (bicyclic) bond motifs is 1. The van der Waals surface area contributed by atoms with Crippen molar-refractivity contribution in [2.75, 3.05) is 26.0 Å². The van der Waals surface area contributed by atoms with E-state index in [9.17, 15) is 4.79 Å². The van der Waals surface area contributed by atoms with Crippen LogP contribution in [0, 0.1) is 0 Å². The lowest BCUT2D eigenvalue weighted by atomic mass is 9.99. The summed E-state index contributed by atoms with van der Waals surface area (Å²) >= 11 is 1.66. The smallest absolute Gasteiger partial charge is 0.265 e. The van der Waals surface area contributed by atoms with Crippen molar-refractivity contribution < 1.29 is 4.79 Å². The molecule has 0 saturated heterocycles. The lowest BCUT2D eigenvalue weighted by Gasteiger charge is -2.10. The molecule has 122 valence electrons. The quantitative estimate of drug-likeness (QED) is 0.900.